The van der Waals surface area contributed by atoms with Crippen LogP contribution in [0, 0.1) is 23.1 Å². The molecular weight excluding hydrogens is 505 g/mol. The highest BCUT2D eigenvalue weighted by atomic mass is 35.5. The molecule has 2 aromatic rings. The zero-order valence-corrected chi connectivity index (χ0v) is 21.0. The molecule has 184 valence electrons. The standard InChI is InChI=1S/C23H26Cl2F2N4O2S/c1-14-6-9-30(12-14)17-5-7-23(17)8-10-31(13-23)16-11-15(24)22(21(27)20(16)25)34(32,33)29-19-4-2-3-18(26)28-19/h2-4,11,14,17H,5-10,12-13H2,1H3,(H,28,29)/t14-,17+,23+/m1/s1. The van der Waals surface area contributed by atoms with E-state index >= 15 is 4.39 Å². The molecule has 11 heteroatoms. The summed E-state index contributed by atoms with van der Waals surface area (Å²) in [6.07, 6.45) is 4.48. The van der Waals surface area contributed by atoms with Crippen LogP contribution < -0.4 is 9.62 Å². The Morgan fingerprint density at radius 1 is 1.18 bits per heavy atom. The fraction of sp³-hybridized carbons (Fsp3) is 0.522. The summed E-state index contributed by atoms with van der Waals surface area (Å²) in [5, 5.41) is -0.583. The van der Waals surface area contributed by atoms with Crippen molar-refractivity contribution in [2.75, 3.05) is 35.8 Å². The lowest BCUT2D eigenvalue weighted by Crippen LogP contribution is -2.55. The largest absolute Gasteiger partial charge is 0.370 e. The van der Waals surface area contributed by atoms with Crippen molar-refractivity contribution in [3.05, 3.63) is 46.1 Å². The predicted molar refractivity (Wildman–Crippen MR) is 129 cm³/mol. The molecule has 3 atom stereocenters. The molecule has 2 saturated heterocycles. The summed E-state index contributed by atoms with van der Waals surface area (Å²) in [4.78, 5) is 7.28. The second kappa shape index (κ2) is 8.76. The van der Waals surface area contributed by atoms with E-state index < -0.39 is 26.7 Å². The van der Waals surface area contributed by atoms with Crippen molar-refractivity contribution in [2.45, 2.75) is 43.5 Å². The Morgan fingerprint density at radius 2 is 1.97 bits per heavy atom. The van der Waals surface area contributed by atoms with E-state index in [1.54, 1.807) is 0 Å². The first-order valence-electron chi connectivity index (χ1n) is 11.4. The third-order valence-electron chi connectivity index (χ3n) is 7.56. The molecule has 1 aromatic heterocycles. The van der Waals surface area contributed by atoms with Crippen molar-refractivity contribution >= 4 is 44.7 Å². The van der Waals surface area contributed by atoms with E-state index in [1.807, 2.05) is 4.90 Å². The number of rotatable bonds is 5. The van der Waals surface area contributed by atoms with Gasteiger partial charge in [-0.3, -0.25) is 9.62 Å². The highest BCUT2D eigenvalue weighted by molar-refractivity contribution is 7.92. The van der Waals surface area contributed by atoms with Gasteiger partial charge in [0, 0.05) is 31.1 Å². The van der Waals surface area contributed by atoms with Crippen molar-refractivity contribution in [1.82, 2.24) is 9.88 Å². The van der Waals surface area contributed by atoms with Gasteiger partial charge in [-0.15, -0.1) is 0 Å². The van der Waals surface area contributed by atoms with Crippen LogP contribution in [-0.2, 0) is 10.0 Å². The van der Waals surface area contributed by atoms with E-state index in [0.717, 1.165) is 38.5 Å². The van der Waals surface area contributed by atoms with Gasteiger partial charge in [-0.2, -0.15) is 4.39 Å². The molecular formula is C23H26Cl2F2N4O2S. The summed E-state index contributed by atoms with van der Waals surface area (Å²) in [5.41, 5.74) is 0.537. The number of aromatic nitrogens is 1. The van der Waals surface area contributed by atoms with Crippen molar-refractivity contribution in [1.29, 1.82) is 0 Å². The fourth-order valence-electron chi connectivity index (χ4n) is 5.78. The maximum absolute atomic E-state index is 15.3. The summed E-state index contributed by atoms with van der Waals surface area (Å²) >= 11 is 12.7. The van der Waals surface area contributed by atoms with Gasteiger partial charge in [0.2, 0.25) is 5.95 Å². The molecule has 1 aliphatic carbocycles. The van der Waals surface area contributed by atoms with Gasteiger partial charge in [-0.1, -0.05) is 36.2 Å². The maximum atomic E-state index is 15.3. The Kier molecular flexibility index (Phi) is 6.19. The number of nitrogens with one attached hydrogen (secondary N) is 1. The van der Waals surface area contributed by atoms with E-state index in [-0.39, 0.29) is 21.3 Å². The van der Waals surface area contributed by atoms with Crippen LogP contribution in [0.4, 0.5) is 20.3 Å². The van der Waals surface area contributed by atoms with E-state index in [0.29, 0.717) is 24.2 Å². The van der Waals surface area contributed by atoms with Crippen molar-refractivity contribution in [3.8, 4) is 0 Å². The van der Waals surface area contributed by atoms with Crippen molar-refractivity contribution < 1.29 is 17.2 Å². The number of anilines is 2. The third kappa shape index (κ3) is 4.14. The Hall–Kier alpha value is -1.68. The number of benzene rings is 1. The zero-order chi connectivity index (χ0) is 24.3. The molecule has 5 rings (SSSR count). The molecule has 0 bridgehead atoms. The summed E-state index contributed by atoms with van der Waals surface area (Å²) < 4.78 is 56.4. The van der Waals surface area contributed by atoms with Crippen molar-refractivity contribution in [2.24, 2.45) is 11.3 Å². The lowest BCUT2D eigenvalue weighted by atomic mass is 9.63. The van der Waals surface area contributed by atoms with Gasteiger partial charge in [-0.25, -0.2) is 17.8 Å². The second-order valence-corrected chi connectivity index (χ2v) is 12.2. The summed E-state index contributed by atoms with van der Waals surface area (Å²) in [6.45, 7) is 5.95. The number of hydrogen-bond acceptors (Lipinski definition) is 5. The maximum Gasteiger partial charge on any atom is 0.267 e. The summed E-state index contributed by atoms with van der Waals surface area (Å²) in [7, 11) is -4.49. The number of sulfonamides is 1. The van der Waals surface area contributed by atoms with E-state index in [4.69, 9.17) is 23.2 Å². The molecule has 0 amide bonds. The van der Waals surface area contributed by atoms with Gasteiger partial charge in [0.25, 0.3) is 10.0 Å². The summed E-state index contributed by atoms with van der Waals surface area (Å²) in [5.74, 6) is -1.58. The van der Waals surface area contributed by atoms with Gasteiger partial charge in [0.1, 0.15) is 15.7 Å². The Balaban J connectivity index is 1.39. The van der Waals surface area contributed by atoms with Crippen LogP contribution in [0.25, 0.3) is 0 Å². The summed E-state index contributed by atoms with van der Waals surface area (Å²) in [6, 6.07) is 5.53. The Bertz CT molecular complexity index is 1230. The highest BCUT2D eigenvalue weighted by Crippen LogP contribution is 2.53. The Labute approximate surface area is 208 Å². The monoisotopic (exact) mass is 530 g/mol. The van der Waals surface area contributed by atoms with Gasteiger partial charge in [-0.05, 0) is 56.3 Å². The van der Waals surface area contributed by atoms with E-state index in [1.165, 1.54) is 31.0 Å². The molecule has 3 heterocycles. The average Bonchev–Trinajstić information content (AvgIpc) is 3.38. The number of hydrogen-bond donors (Lipinski definition) is 1. The second-order valence-electron chi connectivity index (χ2n) is 9.76. The van der Waals surface area contributed by atoms with Gasteiger partial charge < -0.3 is 4.90 Å². The zero-order valence-electron chi connectivity index (χ0n) is 18.7. The first-order valence-corrected chi connectivity index (χ1v) is 13.7. The lowest BCUT2D eigenvalue weighted by Gasteiger charge is -2.51. The Morgan fingerprint density at radius 3 is 2.62 bits per heavy atom. The minimum atomic E-state index is -4.49. The average molecular weight is 531 g/mol. The number of likely N-dealkylation sites (tertiary alicyclic amines) is 1. The smallest absolute Gasteiger partial charge is 0.267 e. The van der Waals surface area contributed by atoms with Crippen molar-refractivity contribution in [3.63, 3.8) is 0 Å². The van der Waals surface area contributed by atoms with E-state index in [2.05, 4.69) is 21.5 Å². The number of halogens is 4. The molecule has 3 aliphatic rings. The van der Waals surface area contributed by atoms with Gasteiger partial charge >= 0.3 is 0 Å². The third-order valence-corrected chi connectivity index (χ3v) is 9.75. The van der Waals surface area contributed by atoms with Crippen LogP contribution in [-0.4, -0.2) is 50.5 Å². The first kappa shape index (κ1) is 24.0. The highest BCUT2D eigenvalue weighted by Gasteiger charge is 2.53. The lowest BCUT2D eigenvalue weighted by molar-refractivity contribution is 0.000290. The van der Waals surface area contributed by atoms with Crippen LogP contribution in [0.15, 0.2) is 29.2 Å². The molecule has 2 aliphatic heterocycles. The molecule has 3 fully saturated rings. The molecule has 0 unspecified atom stereocenters. The van der Waals surface area contributed by atoms with Gasteiger partial charge in [0.15, 0.2) is 5.82 Å². The van der Waals surface area contributed by atoms with Gasteiger partial charge in [0.05, 0.1) is 10.7 Å². The minimum absolute atomic E-state index is 0.145. The molecule has 1 N–H and O–H groups in total. The fourth-order valence-corrected chi connectivity index (χ4v) is 7.74. The van der Waals surface area contributed by atoms with Crippen LogP contribution >= 0.6 is 23.2 Å². The van der Waals surface area contributed by atoms with Crippen LogP contribution in [0.3, 0.4) is 0 Å². The SMILES string of the molecule is C[C@@H]1CCN([C@H]2CC[C@@]23CCN(c2cc(Cl)c(S(=O)(=O)Nc4cccc(F)n4)c(F)c2Cl)C3)C1. The van der Waals surface area contributed by atoms with Crippen LogP contribution in [0.2, 0.25) is 10.0 Å². The molecule has 6 nitrogen and oxygen atoms in total. The molecule has 1 spiro atoms. The predicted octanol–water partition coefficient (Wildman–Crippen LogP) is 5.17. The number of nitrogens with zero attached hydrogens (tertiary/aromatic N) is 3. The van der Waals surface area contributed by atoms with E-state index in [9.17, 15) is 12.8 Å². The van der Waals surface area contributed by atoms with Crippen LogP contribution in [0.5, 0.6) is 0 Å². The topological polar surface area (TPSA) is 65.5 Å². The minimum Gasteiger partial charge on any atom is -0.370 e. The normalized spacial score (nSPS) is 27.4. The molecule has 34 heavy (non-hydrogen) atoms. The number of pyridine rings is 1. The van der Waals surface area contributed by atoms with Crippen LogP contribution in [0.1, 0.15) is 32.6 Å². The molecule has 0 radical (unpaired) electrons. The quantitative estimate of drug-likeness (QED) is 0.426. The molecule has 1 saturated carbocycles. The molecule has 1 aromatic carbocycles. The first-order chi connectivity index (χ1) is 16.1.